The third-order valence-corrected chi connectivity index (χ3v) is 3.79. The summed E-state index contributed by atoms with van der Waals surface area (Å²) >= 11 is 0. The van der Waals surface area contributed by atoms with Crippen LogP contribution in [-0.4, -0.2) is 25.5 Å². The lowest BCUT2D eigenvalue weighted by Crippen LogP contribution is -2.33. The van der Waals surface area contributed by atoms with Crippen molar-refractivity contribution in [1.29, 1.82) is 0 Å². The van der Waals surface area contributed by atoms with Crippen molar-refractivity contribution >= 4 is 11.6 Å². The summed E-state index contributed by atoms with van der Waals surface area (Å²) in [5.41, 5.74) is 3.33. The molecule has 0 fully saturated rings. The van der Waals surface area contributed by atoms with Crippen molar-refractivity contribution in [3.63, 3.8) is 0 Å². The highest BCUT2D eigenvalue weighted by molar-refractivity contribution is 5.95. The molecule has 1 N–H and O–H groups in total. The molecule has 0 unspecified atom stereocenters. The fourth-order valence-corrected chi connectivity index (χ4v) is 2.47. The van der Waals surface area contributed by atoms with Crippen LogP contribution in [0.5, 0.6) is 0 Å². The molecule has 1 aromatic carbocycles. The van der Waals surface area contributed by atoms with Crippen LogP contribution in [0, 0.1) is 0 Å². The summed E-state index contributed by atoms with van der Waals surface area (Å²) in [6, 6.07) is 6.31. The van der Waals surface area contributed by atoms with E-state index in [0.717, 1.165) is 31.4 Å². The van der Waals surface area contributed by atoms with E-state index in [1.807, 2.05) is 12.1 Å². The minimum absolute atomic E-state index is 0.0565. The van der Waals surface area contributed by atoms with E-state index in [2.05, 4.69) is 37.2 Å². The second kappa shape index (κ2) is 5.42. The summed E-state index contributed by atoms with van der Waals surface area (Å²) in [6.07, 6.45) is 3.00. The maximum Gasteiger partial charge on any atom is 0.251 e. The molecule has 1 heterocycles. The normalized spacial score (nSPS) is 13.9. The predicted molar refractivity (Wildman–Crippen MR) is 75.3 cm³/mol. The maximum atomic E-state index is 12.1. The number of benzene rings is 1. The number of anilines is 1. The molecule has 2 rings (SSSR count). The molecule has 0 saturated carbocycles. The van der Waals surface area contributed by atoms with E-state index >= 15 is 0 Å². The van der Waals surface area contributed by atoms with Crippen LogP contribution in [-0.2, 0) is 6.42 Å². The Morgan fingerprint density at radius 1 is 1.39 bits per heavy atom. The van der Waals surface area contributed by atoms with Gasteiger partial charge in [0.25, 0.3) is 5.91 Å². The fourth-order valence-electron chi connectivity index (χ4n) is 2.47. The first-order valence-electron chi connectivity index (χ1n) is 6.80. The van der Waals surface area contributed by atoms with Crippen LogP contribution in [0.2, 0.25) is 0 Å². The van der Waals surface area contributed by atoms with Crippen molar-refractivity contribution in [3.05, 3.63) is 29.3 Å². The van der Waals surface area contributed by atoms with Crippen LogP contribution in [0.3, 0.4) is 0 Å². The number of nitrogens with zero attached hydrogens (tertiary/aromatic N) is 1. The van der Waals surface area contributed by atoms with E-state index in [1.165, 1.54) is 11.3 Å². The standard InChI is InChI=1S/C15H22N2O/c1-4-13(5-2)16-15(18)12-6-7-14-11(10-12)8-9-17(14)3/h6-7,10,13H,4-5,8-9H2,1-3H3,(H,16,18). The van der Waals surface area contributed by atoms with Crippen LogP contribution >= 0.6 is 0 Å². The Hall–Kier alpha value is -1.51. The summed E-state index contributed by atoms with van der Waals surface area (Å²) in [7, 11) is 2.09. The third-order valence-electron chi connectivity index (χ3n) is 3.79. The van der Waals surface area contributed by atoms with Crippen molar-refractivity contribution in [2.45, 2.75) is 39.2 Å². The number of hydrogen-bond donors (Lipinski definition) is 1. The van der Waals surface area contributed by atoms with E-state index in [-0.39, 0.29) is 11.9 Å². The average Bonchev–Trinajstić information content (AvgIpc) is 2.77. The lowest BCUT2D eigenvalue weighted by molar-refractivity contribution is 0.0935. The van der Waals surface area contributed by atoms with Gasteiger partial charge in [-0.05, 0) is 43.0 Å². The summed E-state index contributed by atoms with van der Waals surface area (Å²) in [5, 5.41) is 3.08. The molecule has 3 nitrogen and oxygen atoms in total. The van der Waals surface area contributed by atoms with Crippen LogP contribution in [0.25, 0.3) is 0 Å². The molecule has 18 heavy (non-hydrogen) atoms. The molecule has 98 valence electrons. The number of carbonyl (C=O) groups is 1. The van der Waals surface area contributed by atoms with E-state index in [9.17, 15) is 4.79 Å². The van der Waals surface area contributed by atoms with Gasteiger partial charge in [0.2, 0.25) is 0 Å². The van der Waals surface area contributed by atoms with Crippen molar-refractivity contribution in [2.75, 3.05) is 18.5 Å². The monoisotopic (exact) mass is 246 g/mol. The molecule has 0 spiro atoms. The molecule has 0 atom stereocenters. The minimum Gasteiger partial charge on any atom is -0.374 e. The van der Waals surface area contributed by atoms with Crippen molar-refractivity contribution in [1.82, 2.24) is 5.32 Å². The summed E-state index contributed by atoms with van der Waals surface area (Å²) in [5.74, 6) is 0.0565. The van der Waals surface area contributed by atoms with Gasteiger partial charge in [-0.25, -0.2) is 0 Å². The summed E-state index contributed by atoms with van der Waals surface area (Å²) < 4.78 is 0. The number of hydrogen-bond acceptors (Lipinski definition) is 2. The molecule has 3 heteroatoms. The van der Waals surface area contributed by atoms with Gasteiger partial charge in [0.05, 0.1) is 0 Å². The van der Waals surface area contributed by atoms with Gasteiger partial charge in [0, 0.05) is 30.9 Å². The van der Waals surface area contributed by atoms with Gasteiger partial charge in [-0.3, -0.25) is 4.79 Å². The molecule has 1 aliphatic rings. The maximum absolute atomic E-state index is 12.1. The van der Waals surface area contributed by atoms with Gasteiger partial charge >= 0.3 is 0 Å². The second-order valence-electron chi connectivity index (χ2n) is 5.00. The molecule has 0 radical (unpaired) electrons. The Bertz CT molecular complexity index is 438. The molecular formula is C15H22N2O. The van der Waals surface area contributed by atoms with Gasteiger partial charge in [0.1, 0.15) is 0 Å². The third kappa shape index (κ3) is 2.50. The Labute approximate surface area is 109 Å². The first kappa shape index (κ1) is 12.9. The molecule has 1 aliphatic heterocycles. The number of amides is 1. The summed E-state index contributed by atoms with van der Waals surface area (Å²) in [4.78, 5) is 14.4. The van der Waals surface area contributed by atoms with E-state index < -0.39 is 0 Å². The zero-order valence-corrected chi connectivity index (χ0v) is 11.5. The molecular weight excluding hydrogens is 224 g/mol. The highest BCUT2D eigenvalue weighted by atomic mass is 16.1. The first-order valence-corrected chi connectivity index (χ1v) is 6.80. The topological polar surface area (TPSA) is 32.3 Å². The Morgan fingerprint density at radius 2 is 2.11 bits per heavy atom. The van der Waals surface area contributed by atoms with Crippen LogP contribution < -0.4 is 10.2 Å². The molecule has 0 aliphatic carbocycles. The molecule has 0 aromatic heterocycles. The van der Waals surface area contributed by atoms with Crippen LogP contribution in [0.4, 0.5) is 5.69 Å². The number of rotatable bonds is 4. The fraction of sp³-hybridized carbons (Fsp3) is 0.533. The van der Waals surface area contributed by atoms with Gasteiger partial charge < -0.3 is 10.2 Å². The van der Waals surface area contributed by atoms with Gasteiger partial charge in [-0.2, -0.15) is 0 Å². The minimum atomic E-state index is 0.0565. The number of carbonyl (C=O) groups excluding carboxylic acids is 1. The Morgan fingerprint density at radius 3 is 2.78 bits per heavy atom. The summed E-state index contributed by atoms with van der Waals surface area (Å²) in [6.45, 7) is 5.26. The van der Waals surface area contributed by atoms with Crippen molar-refractivity contribution in [2.24, 2.45) is 0 Å². The van der Waals surface area contributed by atoms with Crippen LogP contribution in [0.1, 0.15) is 42.6 Å². The quantitative estimate of drug-likeness (QED) is 0.885. The highest BCUT2D eigenvalue weighted by Gasteiger charge is 2.18. The van der Waals surface area contributed by atoms with E-state index in [4.69, 9.17) is 0 Å². The van der Waals surface area contributed by atoms with Gasteiger partial charge in [0.15, 0.2) is 0 Å². The molecule has 0 saturated heterocycles. The van der Waals surface area contributed by atoms with Crippen LogP contribution in [0.15, 0.2) is 18.2 Å². The first-order chi connectivity index (χ1) is 8.65. The zero-order valence-electron chi connectivity index (χ0n) is 11.5. The van der Waals surface area contributed by atoms with Crippen molar-refractivity contribution < 1.29 is 4.79 Å². The average molecular weight is 246 g/mol. The van der Waals surface area contributed by atoms with Gasteiger partial charge in [-0.1, -0.05) is 13.8 Å². The number of nitrogens with one attached hydrogen (secondary N) is 1. The Balaban J connectivity index is 2.12. The lowest BCUT2D eigenvalue weighted by Gasteiger charge is -2.16. The number of fused-ring (bicyclic) bond motifs is 1. The molecule has 1 aromatic rings. The largest absolute Gasteiger partial charge is 0.374 e. The molecule has 0 bridgehead atoms. The molecule has 1 amide bonds. The smallest absolute Gasteiger partial charge is 0.251 e. The number of likely N-dealkylation sites (N-methyl/N-ethyl adjacent to an activating group) is 1. The van der Waals surface area contributed by atoms with E-state index in [0.29, 0.717) is 0 Å². The highest BCUT2D eigenvalue weighted by Crippen LogP contribution is 2.27. The van der Waals surface area contributed by atoms with Gasteiger partial charge in [-0.15, -0.1) is 0 Å². The van der Waals surface area contributed by atoms with Crippen molar-refractivity contribution in [3.8, 4) is 0 Å². The Kier molecular flexibility index (Phi) is 3.90. The van der Waals surface area contributed by atoms with E-state index in [1.54, 1.807) is 0 Å². The zero-order chi connectivity index (χ0) is 13.1. The SMILES string of the molecule is CCC(CC)NC(=O)c1ccc2c(c1)CCN2C. The predicted octanol–water partition coefficient (Wildman–Crippen LogP) is 2.60. The second-order valence-corrected chi connectivity index (χ2v) is 5.00. The lowest BCUT2D eigenvalue weighted by atomic mass is 10.1.